The lowest BCUT2D eigenvalue weighted by molar-refractivity contribution is -0.158. The first-order valence-electron chi connectivity index (χ1n) is 5.10. The van der Waals surface area contributed by atoms with E-state index >= 15 is 0 Å². The number of furan rings is 1. The highest BCUT2D eigenvalue weighted by Crippen LogP contribution is 2.25. The monoisotopic (exact) mass is 246 g/mol. The third kappa shape index (κ3) is 3.79. The Kier molecular flexibility index (Phi) is 4.18. The molecule has 0 amide bonds. The highest BCUT2D eigenvalue weighted by Gasteiger charge is 2.39. The van der Waals surface area contributed by atoms with Crippen LogP contribution in [-0.4, -0.2) is 12.7 Å². The van der Waals surface area contributed by atoms with Gasteiger partial charge in [-0.3, -0.25) is 0 Å². The van der Waals surface area contributed by atoms with Crippen molar-refractivity contribution in [3.8, 4) is 6.07 Å². The molecule has 1 aromatic heterocycles. The van der Waals surface area contributed by atoms with Gasteiger partial charge in [-0.05, 0) is 26.0 Å². The molecule has 17 heavy (non-hydrogen) atoms. The second-order valence-electron chi connectivity index (χ2n) is 3.80. The molecule has 1 aromatic rings. The Bertz CT molecular complexity index is 406. The van der Waals surface area contributed by atoms with Crippen molar-refractivity contribution in [2.75, 3.05) is 6.54 Å². The van der Waals surface area contributed by atoms with Crippen molar-refractivity contribution in [2.45, 2.75) is 26.1 Å². The van der Waals surface area contributed by atoms with E-state index in [4.69, 9.17) is 9.68 Å². The summed E-state index contributed by atoms with van der Waals surface area (Å²) in [5.41, 5.74) is 0. The van der Waals surface area contributed by atoms with Gasteiger partial charge in [0.25, 0.3) is 0 Å². The van der Waals surface area contributed by atoms with Crippen LogP contribution in [-0.2, 0) is 0 Å². The van der Waals surface area contributed by atoms with Gasteiger partial charge in [-0.2, -0.15) is 18.4 Å². The largest absolute Gasteiger partial charge is 0.465 e. The first kappa shape index (κ1) is 13.6. The van der Waals surface area contributed by atoms with Crippen LogP contribution in [0.1, 0.15) is 24.5 Å². The topological polar surface area (TPSA) is 49.0 Å². The molecule has 2 unspecified atom stereocenters. The van der Waals surface area contributed by atoms with Crippen molar-refractivity contribution < 1.29 is 17.6 Å². The molecule has 0 saturated carbocycles. The van der Waals surface area contributed by atoms with Gasteiger partial charge in [0, 0.05) is 6.54 Å². The van der Waals surface area contributed by atoms with E-state index in [9.17, 15) is 13.2 Å². The zero-order valence-electron chi connectivity index (χ0n) is 9.51. The van der Waals surface area contributed by atoms with Crippen molar-refractivity contribution >= 4 is 0 Å². The number of nitriles is 1. The number of aryl methyl sites for hydroxylation is 1. The minimum Gasteiger partial charge on any atom is -0.465 e. The maximum Gasteiger partial charge on any atom is 0.405 e. The smallest absolute Gasteiger partial charge is 0.405 e. The summed E-state index contributed by atoms with van der Waals surface area (Å²) >= 11 is 0. The molecule has 0 fully saturated rings. The van der Waals surface area contributed by atoms with Crippen LogP contribution in [0.5, 0.6) is 0 Å². The molecule has 0 aromatic carbocycles. The van der Waals surface area contributed by atoms with Crippen LogP contribution in [0.4, 0.5) is 13.2 Å². The highest BCUT2D eigenvalue weighted by molar-refractivity contribution is 5.09. The van der Waals surface area contributed by atoms with Gasteiger partial charge in [0.15, 0.2) is 5.92 Å². The third-order valence-corrected chi connectivity index (χ3v) is 2.37. The number of alkyl halides is 3. The van der Waals surface area contributed by atoms with E-state index in [1.54, 1.807) is 26.0 Å². The molecule has 2 atom stereocenters. The molecular weight excluding hydrogens is 233 g/mol. The number of rotatable bonds is 4. The second-order valence-corrected chi connectivity index (χ2v) is 3.80. The van der Waals surface area contributed by atoms with Crippen LogP contribution < -0.4 is 5.32 Å². The summed E-state index contributed by atoms with van der Waals surface area (Å²) in [6.07, 6.45) is -4.50. The van der Waals surface area contributed by atoms with Crippen LogP contribution in [0.15, 0.2) is 16.5 Å². The Morgan fingerprint density at radius 2 is 2.12 bits per heavy atom. The fraction of sp³-hybridized carbons (Fsp3) is 0.545. The van der Waals surface area contributed by atoms with Gasteiger partial charge >= 0.3 is 6.18 Å². The van der Waals surface area contributed by atoms with Gasteiger partial charge in [-0.1, -0.05) is 0 Å². The zero-order valence-corrected chi connectivity index (χ0v) is 9.51. The Balaban J connectivity index is 2.54. The molecule has 1 N–H and O–H groups in total. The summed E-state index contributed by atoms with van der Waals surface area (Å²) in [7, 11) is 0. The maximum atomic E-state index is 12.3. The molecule has 1 heterocycles. The SMILES string of the molecule is Cc1ccc(C(C)NCC(C#N)C(F)(F)F)o1. The number of hydrogen-bond acceptors (Lipinski definition) is 3. The minimum absolute atomic E-state index is 0.359. The summed E-state index contributed by atoms with van der Waals surface area (Å²) in [5.74, 6) is -0.747. The molecule has 1 rings (SSSR count). The van der Waals surface area contributed by atoms with Crippen molar-refractivity contribution in [1.29, 1.82) is 5.26 Å². The normalized spacial score (nSPS) is 15.3. The Morgan fingerprint density at radius 1 is 1.47 bits per heavy atom. The van der Waals surface area contributed by atoms with Gasteiger partial charge in [-0.25, -0.2) is 0 Å². The van der Waals surface area contributed by atoms with Gasteiger partial charge in [0.2, 0.25) is 0 Å². The van der Waals surface area contributed by atoms with E-state index in [-0.39, 0.29) is 6.04 Å². The lowest BCUT2D eigenvalue weighted by Crippen LogP contribution is -2.33. The quantitative estimate of drug-likeness (QED) is 0.888. The Labute approximate surface area is 97.2 Å². The molecule has 0 spiro atoms. The molecule has 0 radical (unpaired) electrons. The fourth-order valence-electron chi connectivity index (χ4n) is 1.32. The van der Waals surface area contributed by atoms with Gasteiger partial charge in [-0.15, -0.1) is 0 Å². The molecule has 94 valence electrons. The van der Waals surface area contributed by atoms with Gasteiger partial charge in [0.1, 0.15) is 11.5 Å². The van der Waals surface area contributed by atoms with Crippen LogP contribution in [0.3, 0.4) is 0 Å². The van der Waals surface area contributed by atoms with E-state index in [2.05, 4.69) is 5.32 Å². The van der Waals surface area contributed by atoms with E-state index in [1.165, 1.54) is 6.07 Å². The molecule has 3 nitrogen and oxygen atoms in total. The van der Waals surface area contributed by atoms with E-state index in [1.807, 2.05) is 0 Å². The Hall–Kier alpha value is -1.48. The summed E-state index contributed by atoms with van der Waals surface area (Å²) in [5, 5.41) is 11.0. The Morgan fingerprint density at radius 3 is 2.53 bits per heavy atom. The maximum absolute atomic E-state index is 12.3. The van der Waals surface area contributed by atoms with Crippen molar-refractivity contribution in [1.82, 2.24) is 5.32 Å². The second kappa shape index (κ2) is 5.23. The summed E-state index contributed by atoms with van der Waals surface area (Å²) in [6.45, 7) is 2.99. The molecule has 0 bridgehead atoms. The van der Waals surface area contributed by atoms with E-state index in [0.29, 0.717) is 11.5 Å². The number of hydrogen-bond donors (Lipinski definition) is 1. The molecular formula is C11H13F3N2O. The standard InChI is InChI=1S/C11H13F3N2O/c1-7-3-4-10(17-7)8(2)16-6-9(5-15)11(12,13)14/h3-4,8-9,16H,6H2,1-2H3. The van der Waals surface area contributed by atoms with Crippen LogP contribution in [0.2, 0.25) is 0 Å². The molecule has 0 aliphatic rings. The van der Waals surface area contributed by atoms with Crippen molar-refractivity contribution in [2.24, 2.45) is 5.92 Å². The predicted molar refractivity (Wildman–Crippen MR) is 55.0 cm³/mol. The number of nitrogens with one attached hydrogen (secondary N) is 1. The first-order chi connectivity index (χ1) is 7.84. The summed E-state index contributed by atoms with van der Waals surface area (Å²) in [6, 6.07) is 4.31. The average Bonchev–Trinajstić information content (AvgIpc) is 2.63. The summed E-state index contributed by atoms with van der Waals surface area (Å²) in [4.78, 5) is 0. The van der Waals surface area contributed by atoms with E-state index in [0.717, 1.165) is 0 Å². The molecule has 0 saturated heterocycles. The average molecular weight is 246 g/mol. The van der Waals surface area contributed by atoms with Gasteiger partial charge in [0.05, 0.1) is 12.1 Å². The minimum atomic E-state index is -4.50. The third-order valence-electron chi connectivity index (χ3n) is 2.37. The predicted octanol–water partition coefficient (Wildman–Crippen LogP) is 2.94. The van der Waals surface area contributed by atoms with Gasteiger partial charge < -0.3 is 9.73 Å². The van der Waals surface area contributed by atoms with E-state index < -0.39 is 18.6 Å². The lowest BCUT2D eigenvalue weighted by Gasteiger charge is -2.16. The molecule has 6 heteroatoms. The first-order valence-corrected chi connectivity index (χ1v) is 5.10. The zero-order chi connectivity index (χ0) is 13.1. The van der Waals surface area contributed by atoms with Crippen LogP contribution in [0.25, 0.3) is 0 Å². The lowest BCUT2D eigenvalue weighted by atomic mass is 10.1. The molecule has 0 aliphatic heterocycles. The van der Waals surface area contributed by atoms with Crippen LogP contribution >= 0.6 is 0 Å². The number of halogens is 3. The number of nitrogens with zero attached hydrogens (tertiary/aromatic N) is 1. The van der Waals surface area contributed by atoms with Crippen LogP contribution in [0, 0.1) is 24.2 Å². The van der Waals surface area contributed by atoms with Crippen molar-refractivity contribution in [3.63, 3.8) is 0 Å². The van der Waals surface area contributed by atoms with Crippen molar-refractivity contribution in [3.05, 3.63) is 23.7 Å². The highest BCUT2D eigenvalue weighted by atomic mass is 19.4. The summed E-state index contributed by atoms with van der Waals surface area (Å²) < 4.78 is 42.1. The molecule has 0 aliphatic carbocycles. The fourth-order valence-corrected chi connectivity index (χ4v) is 1.32.